The first-order chi connectivity index (χ1) is 15.7. The maximum absolute atomic E-state index is 10.3. The zero-order valence-corrected chi connectivity index (χ0v) is 17.6. The number of hydrogen-bond donors (Lipinski definition) is 2. The number of nitrogens with zero attached hydrogens (tertiary/aromatic N) is 3. The van der Waals surface area contributed by atoms with E-state index in [9.17, 15) is 10.4 Å². The number of ether oxygens (including phenoxy) is 2. The summed E-state index contributed by atoms with van der Waals surface area (Å²) in [4.78, 5) is 9.82. The number of aliphatic hydroxyl groups excluding tert-OH is 1. The van der Waals surface area contributed by atoms with Crippen LogP contribution in [0.4, 0.5) is 0 Å². The summed E-state index contributed by atoms with van der Waals surface area (Å²) in [6.07, 6.45) is 5.29. The molecule has 2 aromatic carbocycles. The normalized spacial score (nSPS) is 15.1. The van der Waals surface area contributed by atoms with Gasteiger partial charge in [0.1, 0.15) is 36.0 Å². The lowest BCUT2D eigenvalue weighted by Gasteiger charge is -2.20. The SMILES string of the molecule is N#Cc1cc2c(Oc3ccc4[nH]ccc4c3)ccnc2cc1OC[C@@H](O)CN1CCCC1. The topological polar surface area (TPSA) is 94.4 Å². The standard InChI is InChI=1S/C25H24N4O3/c26-14-18-12-21-23(13-25(18)31-16-19(30)15-29-9-1-2-10-29)28-8-6-24(21)32-20-3-4-22-17(11-20)5-7-27-22/h3-8,11-13,19,27,30H,1-2,9-10,15-16H2/t19-/m0/s1. The van der Waals surface area contributed by atoms with Gasteiger partial charge in [-0.3, -0.25) is 4.98 Å². The van der Waals surface area contributed by atoms with Gasteiger partial charge in [-0.05, 0) is 62.3 Å². The number of fused-ring (bicyclic) bond motifs is 2. The summed E-state index contributed by atoms with van der Waals surface area (Å²) in [5.74, 6) is 1.73. The van der Waals surface area contributed by atoms with Crippen LogP contribution in [0.3, 0.4) is 0 Å². The van der Waals surface area contributed by atoms with Gasteiger partial charge in [-0.2, -0.15) is 5.26 Å². The molecule has 7 heteroatoms. The van der Waals surface area contributed by atoms with Gasteiger partial charge in [-0.1, -0.05) is 0 Å². The highest BCUT2D eigenvalue weighted by Gasteiger charge is 2.17. The Bertz CT molecular complexity index is 1290. The first kappa shape index (κ1) is 20.3. The Balaban J connectivity index is 1.37. The molecule has 1 fully saturated rings. The number of pyridine rings is 1. The molecular formula is C25H24N4O3. The average Bonchev–Trinajstić information content (AvgIpc) is 3.49. The van der Waals surface area contributed by atoms with Crippen molar-refractivity contribution in [1.29, 1.82) is 5.26 Å². The van der Waals surface area contributed by atoms with Gasteiger partial charge in [0.05, 0.1) is 11.1 Å². The van der Waals surface area contributed by atoms with Crippen LogP contribution in [0.2, 0.25) is 0 Å². The minimum Gasteiger partial charge on any atom is -0.489 e. The van der Waals surface area contributed by atoms with Crippen LogP contribution in [0, 0.1) is 11.3 Å². The van der Waals surface area contributed by atoms with Gasteiger partial charge in [0.2, 0.25) is 0 Å². The van der Waals surface area contributed by atoms with Crippen LogP contribution >= 0.6 is 0 Å². The third kappa shape index (κ3) is 4.24. The van der Waals surface area contributed by atoms with Gasteiger partial charge in [-0.15, -0.1) is 0 Å². The van der Waals surface area contributed by atoms with E-state index in [1.165, 1.54) is 12.8 Å². The van der Waals surface area contributed by atoms with Crippen LogP contribution < -0.4 is 9.47 Å². The van der Waals surface area contributed by atoms with Crippen LogP contribution in [0.5, 0.6) is 17.2 Å². The summed E-state index contributed by atoms with van der Waals surface area (Å²) < 4.78 is 12.0. The van der Waals surface area contributed by atoms with Crippen molar-refractivity contribution in [2.24, 2.45) is 0 Å². The molecule has 2 aromatic heterocycles. The summed E-state index contributed by atoms with van der Waals surface area (Å²) >= 11 is 0. The number of nitriles is 1. The lowest BCUT2D eigenvalue weighted by molar-refractivity contribution is 0.0758. The number of benzene rings is 2. The number of likely N-dealkylation sites (tertiary alicyclic amines) is 1. The van der Waals surface area contributed by atoms with Gasteiger partial charge < -0.3 is 24.5 Å². The second-order valence-electron chi connectivity index (χ2n) is 8.09. The molecular weight excluding hydrogens is 404 g/mol. The number of aromatic nitrogens is 2. The summed E-state index contributed by atoms with van der Waals surface area (Å²) in [5, 5.41) is 21.8. The van der Waals surface area contributed by atoms with Crippen molar-refractivity contribution < 1.29 is 14.6 Å². The Labute approximate surface area is 185 Å². The molecule has 0 bridgehead atoms. The lowest BCUT2D eigenvalue weighted by Crippen LogP contribution is -2.33. The van der Waals surface area contributed by atoms with Crippen molar-refractivity contribution in [1.82, 2.24) is 14.9 Å². The molecule has 7 nitrogen and oxygen atoms in total. The van der Waals surface area contributed by atoms with Crippen molar-refractivity contribution in [3.05, 3.63) is 60.4 Å². The molecule has 0 radical (unpaired) electrons. The van der Waals surface area contributed by atoms with Crippen LogP contribution in [0.1, 0.15) is 18.4 Å². The maximum atomic E-state index is 10.3. The van der Waals surface area contributed by atoms with E-state index >= 15 is 0 Å². The molecule has 5 rings (SSSR count). The monoisotopic (exact) mass is 428 g/mol. The predicted octanol–water partition coefficient (Wildman–Crippen LogP) is 4.22. The number of β-amino-alcohol motifs (C(OH)–C–C–N with tert-alkyl or cyclic N) is 1. The molecule has 4 aromatic rings. The fraction of sp³-hybridized carbons (Fsp3) is 0.280. The number of aromatic amines is 1. The van der Waals surface area contributed by atoms with E-state index in [1.807, 2.05) is 30.5 Å². The van der Waals surface area contributed by atoms with Gasteiger partial charge >= 0.3 is 0 Å². The molecule has 162 valence electrons. The fourth-order valence-electron chi connectivity index (χ4n) is 4.17. The summed E-state index contributed by atoms with van der Waals surface area (Å²) in [5.41, 5.74) is 2.08. The van der Waals surface area contributed by atoms with E-state index in [1.54, 1.807) is 24.4 Å². The third-order valence-electron chi connectivity index (χ3n) is 5.77. The summed E-state index contributed by atoms with van der Waals surface area (Å²) in [6.45, 7) is 2.74. The third-order valence-corrected chi connectivity index (χ3v) is 5.77. The minimum absolute atomic E-state index is 0.129. The first-order valence-electron chi connectivity index (χ1n) is 10.8. The van der Waals surface area contributed by atoms with Crippen molar-refractivity contribution in [3.8, 4) is 23.3 Å². The smallest absolute Gasteiger partial charge is 0.139 e. The van der Waals surface area contributed by atoms with Crippen molar-refractivity contribution >= 4 is 21.8 Å². The van der Waals surface area contributed by atoms with Gasteiger partial charge in [0.25, 0.3) is 0 Å². The van der Waals surface area contributed by atoms with E-state index in [2.05, 4.69) is 20.9 Å². The van der Waals surface area contributed by atoms with Gasteiger partial charge in [0, 0.05) is 41.3 Å². The molecule has 0 amide bonds. The molecule has 0 unspecified atom stereocenters. The molecule has 1 saturated heterocycles. The summed E-state index contributed by atoms with van der Waals surface area (Å²) in [6, 6.07) is 15.3. The number of H-pyrrole nitrogens is 1. The Morgan fingerprint density at radius 3 is 2.84 bits per heavy atom. The molecule has 0 aliphatic carbocycles. The summed E-state index contributed by atoms with van der Waals surface area (Å²) in [7, 11) is 0. The highest BCUT2D eigenvalue weighted by molar-refractivity contribution is 5.88. The zero-order chi connectivity index (χ0) is 21.9. The van der Waals surface area contributed by atoms with Crippen LogP contribution in [0.15, 0.2) is 54.9 Å². The molecule has 1 aliphatic rings. The van der Waals surface area contributed by atoms with Crippen molar-refractivity contribution in [2.75, 3.05) is 26.2 Å². The van der Waals surface area contributed by atoms with Crippen LogP contribution in [-0.4, -0.2) is 52.3 Å². The van der Waals surface area contributed by atoms with Crippen molar-refractivity contribution in [3.63, 3.8) is 0 Å². The van der Waals surface area contributed by atoms with E-state index in [0.29, 0.717) is 34.9 Å². The molecule has 0 saturated carbocycles. The van der Waals surface area contributed by atoms with Crippen molar-refractivity contribution in [2.45, 2.75) is 18.9 Å². The Hall–Kier alpha value is -3.60. The molecule has 1 atom stereocenters. The zero-order valence-electron chi connectivity index (χ0n) is 17.6. The highest BCUT2D eigenvalue weighted by atomic mass is 16.5. The van der Waals surface area contributed by atoms with Crippen LogP contribution in [0.25, 0.3) is 21.8 Å². The molecule has 2 N–H and O–H groups in total. The first-order valence-corrected chi connectivity index (χ1v) is 10.8. The molecule has 0 spiro atoms. The largest absolute Gasteiger partial charge is 0.489 e. The second-order valence-corrected chi connectivity index (χ2v) is 8.09. The second kappa shape index (κ2) is 8.87. The Morgan fingerprint density at radius 1 is 1.12 bits per heavy atom. The fourth-order valence-corrected chi connectivity index (χ4v) is 4.17. The number of rotatable bonds is 7. The quantitative estimate of drug-likeness (QED) is 0.458. The van der Waals surface area contributed by atoms with E-state index in [0.717, 1.165) is 29.4 Å². The lowest BCUT2D eigenvalue weighted by atomic mass is 10.1. The minimum atomic E-state index is -0.610. The van der Waals surface area contributed by atoms with Gasteiger partial charge in [0.15, 0.2) is 0 Å². The number of hydrogen-bond acceptors (Lipinski definition) is 6. The average molecular weight is 428 g/mol. The maximum Gasteiger partial charge on any atom is 0.139 e. The van der Waals surface area contributed by atoms with E-state index in [-0.39, 0.29) is 6.61 Å². The Kier molecular flexibility index (Phi) is 5.63. The molecule has 3 heterocycles. The number of nitrogens with one attached hydrogen (secondary N) is 1. The Morgan fingerprint density at radius 2 is 2.00 bits per heavy atom. The van der Waals surface area contributed by atoms with Gasteiger partial charge in [-0.25, -0.2) is 0 Å². The molecule has 32 heavy (non-hydrogen) atoms. The molecule has 1 aliphatic heterocycles. The predicted molar refractivity (Wildman–Crippen MR) is 122 cm³/mol. The number of aliphatic hydroxyl groups is 1. The highest BCUT2D eigenvalue weighted by Crippen LogP contribution is 2.34. The van der Waals surface area contributed by atoms with E-state index in [4.69, 9.17) is 9.47 Å². The van der Waals surface area contributed by atoms with E-state index < -0.39 is 6.10 Å². The van der Waals surface area contributed by atoms with Crippen LogP contribution in [-0.2, 0) is 0 Å².